The van der Waals surface area contributed by atoms with Crippen molar-refractivity contribution in [3.63, 3.8) is 0 Å². The lowest BCUT2D eigenvalue weighted by atomic mass is 9.90. The summed E-state index contributed by atoms with van der Waals surface area (Å²) in [5, 5.41) is 23.9. The Labute approximate surface area is 292 Å². The average molecular weight is 678 g/mol. The molecule has 9 heteroatoms. The zero-order chi connectivity index (χ0) is 35.3. The SMILES string of the molecule is O=C(NCc1cccc(OCc2ccccc2)c1OCc1ccccc1)c1ccc(-c2c3ccc(=O)cc-3oc3cc(O)ccc23)c(C(=O)O)c1. The molecule has 3 N–H and O–H groups in total. The number of para-hydroxylation sites is 1. The first-order valence-corrected chi connectivity index (χ1v) is 16.1. The number of carboxylic acids is 1. The molecule has 252 valence electrons. The monoisotopic (exact) mass is 677 g/mol. The fraction of sp³-hybridized carbons (Fsp3) is 0.0714. The number of phenols is 1. The van der Waals surface area contributed by atoms with Crippen LogP contribution in [0.5, 0.6) is 17.2 Å². The second kappa shape index (κ2) is 14.3. The third-order valence-electron chi connectivity index (χ3n) is 8.42. The Morgan fingerprint density at radius 2 is 1.41 bits per heavy atom. The topological polar surface area (TPSA) is 135 Å². The number of carbonyl (C=O) groups is 2. The van der Waals surface area contributed by atoms with Gasteiger partial charge in [-0.1, -0.05) is 78.9 Å². The number of fused-ring (bicyclic) bond motifs is 2. The van der Waals surface area contributed by atoms with Crippen molar-refractivity contribution in [1.29, 1.82) is 0 Å². The van der Waals surface area contributed by atoms with Crippen LogP contribution in [0.3, 0.4) is 0 Å². The molecule has 1 aliphatic carbocycles. The molecular formula is C42H31NO8. The summed E-state index contributed by atoms with van der Waals surface area (Å²) in [5.41, 5.74) is 3.92. The number of nitrogens with one attached hydrogen (secondary N) is 1. The highest BCUT2D eigenvalue weighted by molar-refractivity contribution is 6.09. The zero-order valence-corrected chi connectivity index (χ0v) is 27.2. The third kappa shape index (κ3) is 7.13. The molecule has 0 saturated heterocycles. The lowest BCUT2D eigenvalue weighted by molar-refractivity contribution is 0.0697. The second-order valence-electron chi connectivity index (χ2n) is 11.9. The minimum Gasteiger partial charge on any atom is -0.508 e. The van der Waals surface area contributed by atoms with Crippen LogP contribution in [0.15, 0.2) is 143 Å². The molecule has 0 spiro atoms. The number of aromatic carboxylic acids is 1. The van der Waals surface area contributed by atoms with E-state index >= 15 is 0 Å². The number of benzene rings is 6. The summed E-state index contributed by atoms with van der Waals surface area (Å²) in [4.78, 5) is 38.4. The lowest BCUT2D eigenvalue weighted by Crippen LogP contribution is -2.23. The van der Waals surface area contributed by atoms with Gasteiger partial charge in [-0.3, -0.25) is 9.59 Å². The smallest absolute Gasteiger partial charge is 0.336 e. The van der Waals surface area contributed by atoms with Crippen LogP contribution in [-0.2, 0) is 19.8 Å². The van der Waals surface area contributed by atoms with Crippen LogP contribution in [0.4, 0.5) is 0 Å². The summed E-state index contributed by atoms with van der Waals surface area (Å²) in [6.45, 7) is 0.677. The molecule has 1 aliphatic heterocycles. The molecule has 7 rings (SSSR count). The molecule has 51 heavy (non-hydrogen) atoms. The molecule has 0 unspecified atom stereocenters. The van der Waals surface area contributed by atoms with E-state index in [1.165, 1.54) is 30.3 Å². The van der Waals surface area contributed by atoms with E-state index in [2.05, 4.69) is 5.32 Å². The number of rotatable bonds is 11. The van der Waals surface area contributed by atoms with E-state index in [4.69, 9.17) is 13.9 Å². The summed E-state index contributed by atoms with van der Waals surface area (Å²) in [6.07, 6.45) is 0. The van der Waals surface area contributed by atoms with Crippen molar-refractivity contribution < 1.29 is 33.7 Å². The van der Waals surface area contributed by atoms with Gasteiger partial charge >= 0.3 is 5.97 Å². The Hall–Kier alpha value is -6.87. The van der Waals surface area contributed by atoms with Crippen LogP contribution < -0.4 is 20.2 Å². The molecule has 1 heterocycles. The molecule has 0 atom stereocenters. The third-order valence-corrected chi connectivity index (χ3v) is 8.42. The number of hydrogen-bond donors (Lipinski definition) is 3. The predicted octanol–water partition coefficient (Wildman–Crippen LogP) is 8.06. The Kier molecular flexibility index (Phi) is 9.17. The van der Waals surface area contributed by atoms with Gasteiger partial charge in [0.25, 0.3) is 5.91 Å². The highest BCUT2D eigenvalue weighted by Gasteiger charge is 2.23. The van der Waals surface area contributed by atoms with Crippen molar-refractivity contribution >= 4 is 22.8 Å². The summed E-state index contributed by atoms with van der Waals surface area (Å²) in [5.74, 6) is -0.561. The van der Waals surface area contributed by atoms with Gasteiger partial charge in [0.15, 0.2) is 16.9 Å². The van der Waals surface area contributed by atoms with E-state index in [0.717, 1.165) is 11.1 Å². The van der Waals surface area contributed by atoms with Gasteiger partial charge in [-0.15, -0.1) is 0 Å². The molecule has 0 bridgehead atoms. The van der Waals surface area contributed by atoms with Crippen molar-refractivity contribution in [2.45, 2.75) is 19.8 Å². The molecule has 9 nitrogen and oxygen atoms in total. The number of carboxylic acid groups (broad SMARTS) is 1. The normalized spacial score (nSPS) is 11.0. The van der Waals surface area contributed by atoms with Gasteiger partial charge in [-0.2, -0.15) is 0 Å². The van der Waals surface area contributed by atoms with E-state index in [1.54, 1.807) is 24.3 Å². The molecule has 0 radical (unpaired) electrons. The van der Waals surface area contributed by atoms with Gasteiger partial charge in [0.05, 0.1) is 5.56 Å². The quantitative estimate of drug-likeness (QED) is 0.117. The van der Waals surface area contributed by atoms with Crippen molar-refractivity contribution in [1.82, 2.24) is 5.32 Å². The molecule has 0 saturated carbocycles. The fourth-order valence-electron chi connectivity index (χ4n) is 5.95. The van der Waals surface area contributed by atoms with E-state index in [-0.39, 0.29) is 46.8 Å². The maximum absolute atomic E-state index is 13.6. The predicted molar refractivity (Wildman–Crippen MR) is 192 cm³/mol. The van der Waals surface area contributed by atoms with Crippen LogP contribution in [0.2, 0.25) is 0 Å². The molecule has 0 aromatic heterocycles. The Morgan fingerprint density at radius 1 is 0.706 bits per heavy atom. The van der Waals surface area contributed by atoms with Gasteiger partial charge in [-0.25, -0.2) is 4.79 Å². The molecule has 5 aromatic carbocycles. The van der Waals surface area contributed by atoms with Crippen LogP contribution in [0.25, 0.3) is 33.4 Å². The van der Waals surface area contributed by atoms with Gasteiger partial charge < -0.3 is 29.4 Å². The highest BCUT2D eigenvalue weighted by atomic mass is 16.5. The number of ether oxygens (including phenoxy) is 2. The van der Waals surface area contributed by atoms with Gasteiger partial charge in [0.1, 0.15) is 30.3 Å². The summed E-state index contributed by atoms with van der Waals surface area (Å²) in [7, 11) is 0. The zero-order valence-electron chi connectivity index (χ0n) is 27.2. The Morgan fingerprint density at radius 3 is 2.14 bits per heavy atom. The minimum atomic E-state index is -1.25. The number of amides is 1. The Balaban J connectivity index is 1.19. The molecular weight excluding hydrogens is 646 g/mol. The van der Waals surface area contributed by atoms with Crippen LogP contribution in [0.1, 0.15) is 37.4 Å². The number of aromatic hydroxyl groups is 1. The first kappa shape index (κ1) is 32.7. The van der Waals surface area contributed by atoms with Crippen LogP contribution in [0, 0.1) is 0 Å². The molecule has 0 fully saturated rings. The maximum Gasteiger partial charge on any atom is 0.336 e. The summed E-state index contributed by atoms with van der Waals surface area (Å²) in [6, 6.07) is 38.1. The summed E-state index contributed by atoms with van der Waals surface area (Å²) >= 11 is 0. The van der Waals surface area contributed by atoms with Gasteiger partial charge in [0, 0.05) is 46.3 Å². The second-order valence-corrected chi connectivity index (χ2v) is 11.9. The Bertz CT molecular complexity index is 2400. The first-order chi connectivity index (χ1) is 24.8. The van der Waals surface area contributed by atoms with E-state index < -0.39 is 11.9 Å². The molecule has 5 aromatic rings. The van der Waals surface area contributed by atoms with Crippen molar-refractivity contribution in [3.05, 3.63) is 172 Å². The largest absolute Gasteiger partial charge is 0.508 e. The molecule has 2 aliphatic rings. The number of phenolic OH excluding ortho intramolecular Hbond substituents is 1. The van der Waals surface area contributed by atoms with Gasteiger partial charge in [0.2, 0.25) is 0 Å². The first-order valence-electron chi connectivity index (χ1n) is 16.1. The van der Waals surface area contributed by atoms with Crippen molar-refractivity contribution in [2.24, 2.45) is 0 Å². The van der Waals surface area contributed by atoms with Gasteiger partial charge in [-0.05, 0) is 59.2 Å². The number of carbonyl (C=O) groups excluding carboxylic acids is 1. The fourth-order valence-corrected chi connectivity index (χ4v) is 5.95. The maximum atomic E-state index is 13.6. The van der Waals surface area contributed by atoms with Crippen LogP contribution >= 0.6 is 0 Å². The van der Waals surface area contributed by atoms with Crippen molar-refractivity contribution in [2.75, 3.05) is 0 Å². The lowest BCUT2D eigenvalue weighted by Gasteiger charge is -2.18. The van der Waals surface area contributed by atoms with Crippen LogP contribution in [-0.4, -0.2) is 22.1 Å². The minimum absolute atomic E-state index is 0.0535. The number of hydrogen-bond acceptors (Lipinski definition) is 7. The summed E-state index contributed by atoms with van der Waals surface area (Å²) < 4.78 is 18.4. The average Bonchev–Trinajstić information content (AvgIpc) is 3.15. The van der Waals surface area contributed by atoms with Crippen molar-refractivity contribution in [3.8, 4) is 39.7 Å². The molecule has 1 amide bonds. The van der Waals surface area contributed by atoms with E-state index in [1.807, 2.05) is 78.9 Å². The van der Waals surface area contributed by atoms with E-state index in [0.29, 0.717) is 45.7 Å². The standard InChI is InChI=1S/C42H31NO8/c44-30-15-18-33-37(21-30)51-38-22-31(45)16-19-34(38)39(33)32-17-14-28(20-35(32)42(47)48)41(46)43-23-29-12-7-13-36(49-24-26-8-3-1-4-9-26)40(29)50-25-27-10-5-2-6-11-27/h1-22,44H,23-25H2,(H,43,46)(H,47,48). The highest BCUT2D eigenvalue weighted by Crippen LogP contribution is 2.42. The van der Waals surface area contributed by atoms with E-state index in [9.17, 15) is 24.6 Å².